The second kappa shape index (κ2) is 7.27. The van der Waals surface area contributed by atoms with Crippen LogP contribution >= 0.6 is 0 Å². The van der Waals surface area contributed by atoms with E-state index in [2.05, 4.69) is 12.2 Å². The SMILES string of the molecule is CC1CCCC(NCCOc2cccc(S(C)(=O)=O)c2)C1. The van der Waals surface area contributed by atoms with E-state index in [1.54, 1.807) is 24.3 Å². The summed E-state index contributed by atoms with van der Waals surface area (Å²) in [5, 5.41) is 3.52. The molecular weight excluding hydrogens is 286 g/mol. The van der Waals surface area contributed by atoms with Gasteiger partial charge in [0, 0.05) is 18.8 Å². The van der Waals surface area contributed by atoms with Crippen LogP contribution < -0.4 is 10.1 Å². The molecule has 2 rings (SSSR count). The molecule has 1 aliphatic rings. The third-order valence-corrected chi connectivity index (χ3v) is 5.08. The Bertz CT molecular complexity index is 556. The summed E-state index contributed by atoms with van der Waals surface area (Å²) in [4.78, 5) is 0.300. The predicted molar refractivity (Wildman–Crippen MR) is 84.5 cm³/mol. The van der Waals surface area contributed by atoms with Crippen molar-refractivity contribution in [2.45, 2.75) is 43.5 Å². The topological polar surface area (TPSA) is 55.4 Å². The summed E-state index contributed by atoms with van der Waals surface area (Å²) >= 11 is 0. The van der Waals surface area contributed by atoms with Gasteiger partial charge in [-0.05, 0) is 37.0 Å². The van der Waals surface area contributed by atoms with Gasteiger partial charge in [-0.1, -0.05) is 25.8 Å². The van der Waals surface area contributed by atoms with Crippen molar-refractivity contribution in [1.82, 2.24) is 5.32 Å². The van der Waals surface area contributed by atoms with E-state index in [1.165, 1.54) is 31.9 Å². The van der Waals surface area contributed by atoms with E-state index in [1.807, 2.05) is 0 Å². The Balaban J connectivity index is 1.76. The van der Waals surface area contributed by atoms with Gasteiger partial charge in [-0.3, -0.25) is 0 Å². The Morgan fingerprint density at radius 2 is 2.14 bits per heavy atom. The minimum absolute atomic E-state index is 0.300. The van der Waals surface area contributed by atoms with E-state index < -0.39 is 9.84 Å². The summed E-state index contributed by atoms with van der Waals surface area (Å²) in [5.41, 5.74) is 0. The Kier molecular flexibility index (Phi) is 5.65. The molecule has 0 bridgehead atoms. The van der Waals surface area contributed by atoms with Crippen LogP contribution in [-0.2, 0) is 9.84 Å². The monoisotopic (exact) mass is 311 g/mol. The molecule has 0 radical (unpaired) electrons. The summed E-state index contributed by atoms with van der Waals surface area (Å²) in [6, 6.07) is 7.26. The lowest BCUT2D eigenvalue weighted by Gasteiger charge is -2.27. The number of ether oxygens (including phenoxy) is 1. The van der Waals surface area contributed by atoms with Gasteiger partial charge in [0.1, 0.15) is 12.4 Å². The molecule has 1 N–H and O–H groups in total. The molecule has 0 aromatic heterocycles. The standard InChI is InChI=1S/C16H25NO3S/c1-13-5-3-6-14(11-13)17-9-10-20-15-7-4-8-16(12-15)21(2,18)19/h4,7-8,12-14,17H,3,5-6,9-11H2,1-2H3. The molecule has 1 aromatic rings. The summed E-state index contributed by atoms with van der Waals surface area (Å²) in [6.07, 6.45) is 6.33. The Labute approximate surface area is 127 Å². The molecule has 0 saturated heterocycles. The fraction of sp³-hybridized carbons (Fsp3) is 0.625. The Morgan fingerprint density at radius 1 is 1.33 bits per heavy atom. The maximum Gasteiger partial charge on any atom is 0.175 e. The highest BCUT2D eigenvalue weighted by Crippen LogP contribution is 2.23. The number of nitrogens with one attached hydrogen (secondary N) is 1. The molecule has 0 spiro atoms. The van der Waals surface area contributed by atoms with E-state index in [0.717, 1.165) is 12.5 Å². The summed E-state index contributed by atoms with van der Waals surface area (Å²) in [7, 11) is -3.17. The van der Waals surface area contributed by atoms with Gasteiger partial charge in [-0.2, -0.15) is 0 Å². The van der Waals surface area contributed by atoms with Crippen molar-refractivity contribution in [3.8, 4) is 5.75 Å². The van der Waals surface area contributed by atoms with E-state index >= 15 is 0 Å². The van der Waals surface area contributed by atoms with Crippen LogP contribution in [0, 0.1) is 5.92 Å². The predicted octanol–water partition coefficient (Wildman–Crippen LogP) is 2.64. The van der Waals surface area contributed by atoms with Crippen molar-refractivity contribution in [2.75, 3.05) is 19.4 Å². The van der Waals surface area contributed by atoms with Crippen LogP contribution in [0.25, 0.3) is 0 Å². The van der Waals surface area contributed by atoms with Crippen molar-refractivity contribution in [1.29, 1.82) is 0 Å². The van der Waals surface area contributed by atoms with Crippen molar-refractivity contribution < 1.29 is 13.2 Å². The molecule has 0 heterocycles. The van der Waals surface area contributed by atoms with Crippen LogP contribution in [0.1, 0.15) is 32.6 Å². The average molecular weight is 311 g/mol. The molecule has 2 unspecified atom stereocenters. The number of hydrogen-bond acceptors (Lipinski definition) is 4. The number of sulfone groups is 1. The maximum atomic E-state index is 11.5. The summed E-state index contributed by atoms with van der Waals surface area (Å²) < 4.78 is 28.6. The van der Waals surface area contributed by atoms with Crippen LogP contribution in [-0.4, -0.2) is 33.9 Å². The quantitative estimate of drug-likeness (QED) is 0.821. The van der Waals surface area contributed by atoms with Crippen LogP contribution in [0.2, 0.25) is 0 Å². The van der Waals surface area contributed by atoms with Gasteiger partial charge in [0.2, 0.25) is 0 Å². The highest BCUT2D eigenvalue weighted by Gasteiger charge is 2.17. The van der Waals surface area contributed by atoms with Gasteiger partial charge in [0.25, 0.3) is 0 Å². The molecule has 1 aliphatic carbocycles. The zero-order valence-electron chi connectivity index (χ0n) is 12.8. The van der Waals surface area contributed by atoms with E-state index in [9.17, 15) is 8.42 Å². The Morgan fingerprint density at radius 3 is 2.86 bits per heavy atom. The highest BCUT2D eigenvalue weighted by atomic mass is 32.2. The fourth-order valence-electron chi connectivity index (χ4n) is 2.85. The summed E-state index contributed by atoms with van der Waals surface area (Å²) in [5.74, 6) is 1.42. The van der Waals surface area contributed by atoms with Crippen molar-refractivity contribution in [2.24, 2.45) is 5.92 Å². The molecule has 21 heavy (non-hydrogen) atoms. The highest BCUT2D eigenvalue weighted by molar-refractivity contribution is 7.90. The zero-order chi connectivity index (χ0) is 15.3. The van der Waals surface area contributed by atoms with Gasteiger partial charge in [-0.25, -0.2) is 8.42 Å². The third kappa shape index (κ3) is 5.32. The van der Waals surface area contributed by atoms with E-state index in [4.69, 9.17) is 4.74 Å². The second-order valence-corrected chi connectivity index (χ2v) is 8.03. The number of hydrogen-bond donors (Lipinski definition) is 1. The lowest BCUT2D eigenvalue weighted by atomic mass is 9.87. The Hall–Kier alpha value is -1.07. The van der Waals surface area contributed by atoms with E-state index in [0.29, 0.717) is 23.3 Å². The van der Waals surface area contributed by atoms with Gasteiger partial charge in [0.05, 0.1) is 4.90 Å². The van der Waals surface area contributed by atoms with Crippen molar-refractivity contribution in [3.63, 3.8) is 0 Å². The summed E-state index contributed by atoms with van der Waals surface area (Å²) in [6.45, 7) is 3.65. The largest absolute Gasteiger partial charge is 0.492 e. The van der Waals surface area contributed by atoms with Gasteiger partial charge < -0.3 is 10.1 Å². The van der Waals surface area contributed by atoms with Gasteiger partial charge >= 0.3 is 0 Å². The normalized spacial score (nSPS) is 23.0. The third-order valence-electron chi connectivity index (χ3n) is 3.97. The first kappa shape index (κ1) is 16.3. The molecular formula is C16H25NO3S. The molecule has 1 fully saturated rings. The van der Waals surface area contributed by atoms with Crippen LogP contribution in [0.5, 0.6) is 5.75 Å². The smallest absolute Gasteiger partial charge is 0.175 e. The maximum absolute atomic E-state index is 11.5. The molecule has 118 valence electrons. The molecule has 2 atom stereocenters. The zero-order valence-corrected chi connectivity index (χ0v) is 13.7. The molecule has 5 heteroatoms. The lowest BCUT2D eigenvalue weighted by Crippen LogP contribution is -2.36. The van der Waals surface area contributed by atoms with Gasteiger partial charge in [0.15, 0.2) is 9.84 Å². The number of benzene rings is 1. The second-order valence-electron chi connectivity index (χ2n) is 6.02. The average Bonchev–Trinajstić information content (AvgIpc) is 2.43. The first-order valence-corrected chi connectivity index (χ1v) is 9.50. The lowest BCUT2D eigenvalue weighted by molar-refractivity contribution is 0.266. The minimum atomic E-state index is -3.17. The molecule has 4 nitrogen and oxygen atoms in total. The van der Waals surface area contributed by atoms with Gasteiger partial charge in [-0.15, -0.1) is 0 Å². The molecule has 1 aromatic carbocycles. The molecule has 0 aliphatic heterocycles. The molecule has 1 saturated carbocycles. The first-order valence-electron chi connectivity index (χ1n) is 7.61. The van der Waals surface area contributed by atoms with E-state index in [-0.39, 0.29) is 0 Å². The van der Waals surface area contributed by atoms with Crippen molar-refractivity contribution in [3.05, 3.63) is 24.3 Å². The molecule has 0 amide bonds. The van der Waals surface area contributed by atoms with Crippen LogP contribution in [0.4, 0.5) is 0 Å². The minimum Gasteiger partial charge on any atom is -0.492 e. The van der Waals surface area contributed by atoms with Crippen molar-refractivity contribution >= 4 is 9.84 Å². The van der Waals surface area contributed by atoms with Crippen LogP contribution in [0.3, 0.4) is 0 Å². The fourth-order valence-corrected chi connectivity index (χ4v) is 3.50. The first-order chi connectivity index (χ1) is 9.95. The number of rotatable bonds is 6. The van der Waals surface area contributed by atoms with Crippen LogP contribution in [0.15, 0.2) is 29.2 Å².